The van der Waals surface area contributed by atoms with Gasteiger partial charge in [0.25, 0.3) is 5.89 Å². The molecule has 6 heteroatoms. The van der Waals surface area contributed by atoms with Crippen molar-refractivity contribution >= 4 is 22.9 Å². The summed E-state index contributed by atoms with van der Waals surface area (Å²) in [4.78, 5) is 10.2. The largest absolute Gasteiger partial charge is 0.383 e. The highest BCUT2D eigenvalue weighted by Crippen LogP contribution is 2.33. The van der Waals surface area contributed by atoms with Crippen molar-refractivity contribution in [2.45, 2.75) is 58.8 Å². The maximum atomic E-state index is 6.09. The van der Waals surface area contributed by atoms with Gasteiger partial charge in [0.2, 0.25) is 0 Å². The Labute approximate surface area is 205 Å². The average Bonchev–Trinajstić information content (AvgIpc) is 3.46. The lowest BCUT2D eigenvalue weighted by Gasteiger charge is -2.25. The molecule has 0 aliphatic heterocycles. The standard InChI is InChI=1S/C28H32N4OS/c1-27(2,3)20-15-19(16-21(17-20)28(4,5)6)26-31-24(32-33-26)14-18-9-11-22(12-10-18)30-25(29)23-8-7-13-34-23/h7-13,15-17H,14H2,1-6H3,(H2,29,30). The predicted molar refractivity (Wildman–Crippen MR) is 141 cm³/mol. The van der Waals surface area contributed by atoms with Crippen molar-refractivity contribution in [3.05, 3.63) is 87.4 Å². The lowest BCUT2D eigenvalue weighted by Crippen LogP contribution is -2.16. The fraction of sp³-hybridized carbons (Fsp3) is 0.321. The van der Waals surface area contributed by atoms with Crippen molar-refractivity contribution in [3.8, 4) is 11.5 Å². The van der Waals surface area contributed by atoms with E-state index >= 15 is 0 Å². The predicted octanol–water partition coefficient (Wildman–Crippen LogP) is 7.02. The number of aliphatic imine (C=N–C) groups is 1. The number of nitrogens with zero attached hydrogens (tertiary/aromatic N) is 3. The summed E-state index contributed by atoms with van der Waals surface area (Å²) in [6, 6.07) is 18.5. The van der Waals surface area contributed by atoms with E-state index in [4.69, 9.17) is 15.2 Å². The molecule has 2 heterocycles. The molecule has 0 bridgehead atoms. The molecule has 2 aromatic carbocycles. The molecule has 0 fully saturated rings. The zero-order valence-corrected chi connectivity index (χ0v) is 21.5. The van der Waals surface area contributed by atoms with Crippen LogP contribution in [0.5, 0.6) is 0 Å². The number of hydrogen-bond donors (Lipinski definition) is 1. The first-order valence-electron chi connectivity index (χ1n) is 11.4. The average molecular weight is 473 g/mol. The smallest absolute Gasteiger partial charge is 0.257 e. The van der Waals surface area contributed by atoms with Crippen molar-refractivity contribution < 1.29 is 4.52 Å². The summed E-state index contributed by atoms with van der Waals surface area (Å²) in [5.74, 6) is 1.73. The van der Waals surface area contributed by atoms with Gasteiger partial charge in [-0.3, -0.25) is 0 Å². The monoisotopic (exact) mass is 472 g/mol. The van der Waals surface area contributed by atoms with Crippen molar-refractivity contribution in [3.63, 3.8) is 0 Å². The second-order valence-corrected chi connectivity index (χ2v) is 11.6. The van der Waals surface area contributed by atoms with E-state index in [0.29, 0.717) is 24.0 Å². The highest BCUT2D eigenvalue weighted by molar-refractivity contribution is 7.12. The second-order valence-electron chi connectivity index (χ2n) is 10.6. The molecule has 0 saturated heterocycles. The van der Waals surface area contributed by atoms with Gasteiger partial charge in [0, 0.05) is 12.0 Å². The summed E-state index contributed by atoms with van der Waals surface area (Å²) in [6.45, 7) is 13.3. The minimum Gasteiger partial charge on any atom is -0.383 e. The van der Waals surface area contributed by atoms with Crippen LogP contribution >= 0.6 is 11.3 Å². The van der Waals surface area contributed by atoms with Crippen LogP contribution in [0, 0.1) is 0 Å². The summed E-state index contributed by atoms with van der Waals surface area (Å²) in [5.41, 5.74) is 11.5. The van der Waals surface area contributed by atoms with Crippen LogP contribution < -0.4 is 5.73 Å². The Morgan fingerprint density at radius 2 is 1.59 bits per heavy atom. The van der Waals surface area contributed by atoms with Crippen molar-refractivity contribution in [2.24, 2.45) is 10.7 Å². The van der Waals surface area contributed by atoms with E-state index < -0.39 is 0 Å². The van der Waals surface area contributed by atoms with Gasteiger partial charge in [0.1, 0.15) is 5.84 Å². The molecule has 5 nitrogen and oxygen atoms in total. The second kappa shape index (κ2) is 9.18. The quantitative estimate of drug-likeness (QED) is 0.250. The van der Waals surface area contributed by atoms with Crippen LogP contribution in [0.1, 0.15) is 68.9 Å². The van der Waals surface area contributed by atoms with Gasteiger partial charge < -0.3 is 10.3 Å². The number of amidine groups is 1. The fourth-order valence-electron chi connectivity index (χ4n) is 3.55. The Hall–Kier alpha value is -3.25. The lowest BCUT2D eigenvalue weighted by atomic mass is 9.79. The Balaban J connectivity index is 1.55. The third-order valence-electron chi connectivity index (χ3n) is 5.70. The van der Waals surface area contributed by atoms with Gasteiger partial charge in [-0.1, -0.05) is 71.0 Å². The lowest BCUT2D eigenvalue weighted by molar-refractivity contribution is 0.423. The number of benzene rings is 2. The summed E-state index contributed by atoms with van der Waals surface area (Å²) in [7, 11) is 0. The Morgan fingerprint density at radius 1 is 0.941 bits per heavy atom. The third kappa shape index (κ3) is 5.62. The zero-order valence-electron chi connectivity index (χ0n) is 20.7. The van der Waals surface area contributed by atoms with Crippen LogP contribution in [0.25, 0.3) is 11.5 Å². The van der Waals surface area contributed by atoms with Crippen molar-refractivity contribution in [2.75, 3.05) is 0 Å². The molecule has 0 aliphatic carbocycles. The van der Waals surface area contributed by atoms with E-state index in [2.05, 4.69) is 69.9 Å². The van der Waals surface area contributed by atoms with Gasteiger partial charge in [-0.2, -0.15) is 4.98 Å². The first kappa shape index (κ1) is 23.9. The molecule has 34 heavy (non-hydrogen) atoms. The van der Waals surface area contributed by atoms with E-state index in [9.17, 15) is 0 Å². The Bertz CT molecular complexity index is 1260. The first-order chi connectivity index (χ1) is 16.0. The molecular weight excluding hydrogens is 440 g/mol. The topological polar surface area (TPSA) is 77.3 Å². The molecule has 0 unspecified atom stereocenters. The number of rotatable bonds is 5. The number of hydrogen-bond acceptors (Lipinski definition) is 5. The van der Waals surface area contributed by atoms with Crippen LogP contribution in [-0.4, -0.2) is 16.0 Å². The van der Waals surface area contributed by atoms with E-state index in [1.807, 2.05) is 41.8 Å². The fourth-order valence-corrected chi connectivity index (χ4v) is 4.18. The molecule has 2 aromatic heterocycles. The van der Waals surface area contributed by atoms with E-state index in [1.165, 1.54) is 11.1 Å². The van der Waals surface area contributed by atoms with E-state index in [1.54, 1.807) is 11.3 Å². The highest BCUT2D eigenvalue weighted by Gasteiger charge is 2.22. The molecule has 0 saturated carbocycles. The summed E-state index contributed by atoms with van der Waals surface area (Å²) >= 11 is 1.58. The van der Waals surface area contributed by atoms with Crippen LogP contribution in [0.2, 0.25) is 0 Å². The van der Waals surface area contributed by atoms with Crippen molar-refractivity contribution in [1.82, 2.24) is 10.1 Å². The van der Waals surface area contributed by atoms with Gasteiger partial charge in [0.15, 0.2) is 5.82 Å². The first-order valence-corrected chi connectivity index (χ1v) is 12.3. The molecule has 0 aliphatic rings. The Morgan fingerprint density at radius 3 is 2.15 bits per heavy atom. The van der Waals surface area contributed by atoms with Gasteiger partial charge in [-0.15, -0.1) is 11.3 Å². The minimum absolute atomic E-state index is 0.0238. The van der Waals surface area contributed by atoms with Crippen LogP contribution in [0.4, 0.5) is 5.69 Å². The normalized spacial score (nSPS) is 12.8. The van der Waals surface area contributed by atoms with E-state index in [0.717, 1.165) is 21.7 Å². The summed E-state index contributed by atoms with van der Waals surface area (Å²) < 4.78 is 5.68. The third-order valence-corrected chi connectivity index (χ3v) is 6.59. The minimum atomic E-state index is 0.0238. The van der Waals surface area contributed by atoms with Crippen molar-refractivity contribution in [1.29, 1.82) is 0 Å². The molecule has 0 amide bonds. The zero-order chi connectivity index (χ0) is 24.5. The van der Waals surface area contributed by atoms with Crippen LogP contribution in [-0.2, 0) is 17.3 Å². The number of aromatic nitrogens is 2. The number of nitrogens with two attached hydrogens (primary N) is 1. The molecule has 0 atom stereocenters. The molecule has 0 radical (unpaired) electrons. The van der Waals surface area contributed by atoms with Gasteiger partial charge >= 0.3 is 0 Å². The molecule has 0 spiro atoms. The maximum Gasteiger partial charge on any atom is 0.257 e. The van der Waals surface area contributed by atoms with Crippen LogP contribution in [0.3, 0.4) is 0 Å². The molecule has 2 N–H and O–H groups in total. The van der Waals surface area contributed by atoms with Gasteiger partial charge in [0.05, 0.1) is 10.6 Å². The number of thiophene rings is 1. The highest BCUT2D eigenvalue weighted by atomic mass is 32.1. The van der Waals surface area contributed by atoms with Gasteiger partial charge in [-0.05, 0) is 63.2 Å². The van der Waals surface area contributed by atoms with E-state index in [-0.39, 0.29) is 10.8 Å². The maximum absolute atomic E-state index is 6.09. The molecular formula is C28H32N4OS. The summed E-state index contributed by atoms with van der Waals surface area (Å²) in [5, 5.41) is 6.23. The SMILES string of the molecule is CC(C)(C)c1cc(-c2nc(Cc3ccc(N=C(N)c4cccs4)cc3)no2)cc(C(C)(C)C)c1. The van der Waals surface area contributed by atoms with Crippen LogP contribution in [0.15, 0.2) is 69.5 Å². The Kier molecular flexibility index (Phi) is 6.45. The molecule has 4 aromatic rings. The molecule has 4 rings (SSSR count). The summed E-state index contributed by atoms with van der Waals surface area (Å²) in [6.07, 6.45) is 0.582. The molecule has 176 valence electrons. The van der Waals surface area contributed by atoms with Gasteiger partial charge in [-0.25, -0.2) is 4.99 Å².